The maximum atomic E-state index is 12.4. The molecule has 0 spiro atoms. The molecule has 3 saturated heterocycles. The fraction of sp³-hybridized carbons (Fsp3) is 0.933. The highest BCUT2D eigenvalue weighted by Gasteiger charge is 2.38. The molecule has 4 atom stereocenters. The Morgan fingerprint density at radius 1 is 1.16 bits per heavy atom. The zero-order valence-corrected chi connectivity index (χ0v) is 12.0. The Morgan fingerprint density at radius 2 is 2.05 bits per heavy atom. The molecule has 0 bridgehead atoms. The summed E-state index contributed by atoms with van der Waals surface area (Å²) in [5.41, 5.74) is 0. The van der Waals surface area contributed by atoms with Crippen LogP contribution in [-0.2, 0) is 4.79 Å². The van der Waals surface area contributed by atoms with Crippen LogP contribution in [0.2, 0.25) is 0 Å². The Morgan fingerprint density at radius 3 is 2.89 bits per heavy atom. The molecular formula is C15H27N3O. The number of hydrogen-bond donors (Lipinski definition) is 2. The van der Waals surface area contributed by atoms with Crippen LogP contribution >= 0.6 is 0 Å². The zero-order valence-electron chi connectivity index (χ0n) is 12.0. The molecule has 2 N–H and O–H groups in total. The lowest BCUT2D eigenvalue weighted by Crippen LogP contribution is -2.55. The first-order chi connectivity index (χ1) is 9.25. The fourth-order valence-electron chi connectivity index (χ4n) is 4.09. The molecule has 0 aromatic carbocycles. The summed E-state index contributed by atoms with van der Waals surface area (Å²) in [5.74, 6) is 0.710. The van der Waals surface area contributed by atoms with Gasteiger partial charge in [-0.2, -0.15) is 0 Å². The number of carbonyl (C=O) groups excluding carboxylic acids is 1. The van der Waals surface area contributed by atoms with Gasteiger partial charge in [0.25, 0.3) is 0 Å². The van der Waals surface area contributed by atoms with E-state index in [1.807, 2.05) is 0 Å². The number of piperidine rings is 2. The van der Waals surface area contributed by atoms with Crippen molar-refractivity contribution in [2.24, 2.45) is 5.92 Å². The Balaban J connectivity index is 1.57. The molecule has 4 nitrogen and oxygen atoms in total. The van der Waals surface area contributed by atoms with Crippen LogP contribution in [0, 0.1) is 5.92 Å². The first-order valence-corrected chi connectivity index (χ1v) is 8.03. The van der Waals surface area contributed by atoms with Crippen molar-refractivity contribution >= 4 is 5.91 Å². The fourth-order valence-corrected chi connectivity index (χ4v) is 4.09. The van der Waals surface area contributed by atoms with Crippen molar-refractivity contribution < 1.29 is 4.79 Å². The lowest BCUT2D eigenvalue weighted by Gasteiger charge is -2.34. The van der Waals surface area contributed by atoms with Crippen molar-refractivity contribution in [3.63, 3.8) is 0 Å². The number of carbonyl (C=O) groups is 1. The molecule has 0 aliphatic carbocycles. The van der Waals surface area contributed by atoms with E-state index in [1.165, 1.54) is 45.2 Å². The predicted octanol–water partition coefficient (Wildman–Crippen LogP) is 1.12. The molecule has 0 aromatic rings. The van der Waals surface area contributed by atoms with Gasteiger partial charge in [-0.05, 0) is 51.1 Å². The van der Waals surface area contributed by atoms with Crippen molar-refractivity contribution in [1.29, 1.82) is 0 Å². The summed E-state index contributed by atoms with van der Waals surface area (Å²) in [4.78, 5) is 15.0. The SMILES string of the molecule is CC1CCCNC1C(=O)NC1CCN2CCCCC12. The molecule has 4 heteroatoms. The normalized spacial score (nSPS) is 39.8. The van der Waals surface area contributed by atoms with Gasteiger partial charge in [0.05, 0.1) is 6.04 Å². The summed E-state index contributed by atoms with van der Waals surface area (Å²) < 4.78 is 0. The Hall–Kier alpha value is -0.610. The Labute approximate surface area is 116 Å². The monoisotopic (exact) mass is 265 g/mol. The minimum Gasteiger partial charge on any atom is -0.350 e. The van der Waals surface area contributed by atoms with Crippen molar-refractivity contribution in [2.75, 3.05) is 19.6 Å². The van der Waals surface area contributed by atoms with Crippen LogP contribution in [-0.4, -0.2) is 48.6 Å². The maximum absolute atomic E-state index is 12.4. The summed E-state index contributed by atoms with van der Waals surface area (Å²) in [7, 11) is 0. The van der Waals surface area contributed by atoms with Crippen LogP contribution in [0.1, 0.15) is 45.4 Å². The molecule has 0 radical (unpaired) electrons. The first kappa shape index (κ1) is 13.4. The number of fused-ring (bicyclic) bond motifs is 1. The first-order valence-electron chi connectivity index (χ1n) is 8.03. The van der Waals surface area contributed by atoms with E-state index in [1.54, 1.807) is 0 Å². The molecule has 0 saturated carbocycles. The van der Waals surface area contributed by atoms with Crippen LogP contribution in [0.15, 0.2) is 0 Å². The van der Waals surface area contributed by atoms with E-state index in [0.717, 1.165) is 13.0 Å². The van der Waals surface area contributed by atoms with Gasteiger partial charge in [-0.3, -0.25) is 9.69 Å². The van der Waals surface area contributed by atoms with Crippen LogP contribution < -0.4 is 10.6 Å². The molecule has 4 unspecified atom stereocenters. The van der Waals surface area contributed by atoms with E-state index in [4.69, 9.17) is 0 Å². The summed E-state index contributed by atoms with van der Waals surface area (Å²) in [6.45, 7) is 5.58. The van der Waals surface area contributed by atoms with Crippen LogP contribution in [0.25, 0.3) is 0 Å². The molecule has 19 heavy (non-hydrogen) atoms. The third-order valence-electron chi connectivity index (χ3n) is 5.24. The van der Waals surface area contributed by atoms with Gasteiger partial charge in [-0.15, -0.1) is 0 Å². The number of amides is 1. The standard InChI is InChI=1S/C15H27N3O/c1-11-5-4-8-16-14(11)15(19)17-12-7-10-18-9-3-2-6-13(12)18/h11-14,16H,2-10H2,1H3,(H,17,19). The molecule has 3 aliphatic rings. The average Bonchev–Trinajstić information content (AvgIpc) is 2.83. The number of rotatable bonds is 2. The van der Waals surface area contributed by atoms with E-state index < -0.39 is 0 Å². The molecule has 1 amide bonds. The van der Waals surface area contributed by atoms with Crippen LogP contribution in [0.5, 0.6) is 0 Å². The zero-order chi connectivity index (χ0) is 13.2. The highest BCUT2D eigenvalue weighted by Crippen LogP contribution is 2.27. The number of nitrogens with one attached hydrogen (secondary N) is 2. The van der Waals surface area contributed by atoms with E-state index in [-0.39, 0.29) is 11.9 Å². The van der Waals surface area contributed by atoms with Gasteiger partial charge >= 0.3 is 0 Å². The van der Waals surface area contributed by atoms with Gasteiger partial charge in [-0.25, -0.2) is 0 Å². The Bertz CT molecular complexity index is 333. The quantitative estimate of drug-likeness (QED) is 0.786. The number of hydrogen-bond acceptors (Lipinski definition) is 3. The minimum atomic E-state index is 0.0337. The average molecular weight is 265 g/mol. The topological polar surface area (TPSA) is 44.4 Å². The van der Waals surface area contributed by atoms with Crippen molar-refractivity contribution in [2.45, 2.75) is 63.6 Å². The van der Waals surface area contributed by atoms with Gasteiger partial charge in [0.2, 0.25) is 5.91 Å². The summed E-state index contributed by atoms with van der Waals surface area (Å²) in [5, 5.41) is 6.72. The minimum absolute atomic E-state index is 0.0337. The van der Waals surface area contributed by atoms with Crippen LogP contribution in [0.3, 0.4) is 0 Å². The van der Waals surface area contributed by atoms with Crippen LogP contribution in [0.4, 0.5) is 0 Å². The second-order valence-electron chi connectivity index (χ2n) is 6.55. The van der Waals surface area contributed by atoms with Gasteiger partial charge in [0, 0.05) is 18.6 Å². The lowest BCUT2D eigenvalue weighted by molar-refractivity contribution is -0.125. The molecule has 108 valence electrons. The third kappa shape index (κ3) is 2.79. The lowest BCUT2D eigenvalue weighted by atomic mass is 9.91. The molecule has 3 rings (SSSR count). The number of nitrogens with zero attached hydrogens (tertiary/aromatic N) is 1. The largest absolute Gasteiger partial charge is 0.350 e. The highest BCUT2D eigenvalue weighted by molar-refractivity contribution is 5.82. The predicted molar refractivity (Wildman–Crippen MR) is 75.9 cm³/mol. The third-order valence-corrected chi connectivity index (χ3v) is 5.24. The van der Waals surface area contributed by atoms with Gasteiger partial charge in [0.1, 0.15) is 0 Å². The molecule has 3 heterocycles. The summed E-state index contributed by atoms with van der Waals surface area (Å²) in [6.07, 6.45) is 7.43. The van der Waals surface area contributed by atoms with Gasteiger partial charge in [-0.1, -0.05) is 13.3 Å². The van der Waals surface area contributed by atoms with Gasteiger partial charge in [0.15, 0.2) is 0 Å². The highest BCUT2D eigenvalue weighted by atomic mass is 16.2. The van der Waals surface area contributed by atoms with E-state index in [0.29, 0.717) is 18.0 Å². The molecular weight excluding hydrogens is 238 g/mol. The van der Waals surface area contributed by atoms with E-state index in [9.17, 15) is 4.79 Å². The second kappa shape index (κ2) is 5.80. The second-order valence-corrected chi connectivity index (χ2v) is 6.55. The molecule has 3 fully saturated rings. The van der Waals surface area contributed by atoms with Crippen molar-refractivity contribution in [3.8, 4) is 0 Å². The smallest absolute Gasteiger partial charge is 0.237 e. The van der Waals surface area contributed by atoms with Crippen molar-refractivity contribution in [3.05, 3.63) is 0 Å². The summed E-state index contributed by atoms with van der Waals surface area (Å²) >= 11 is 0. The molecule has 0 aromatic heterocycles. The Kier molecular flexibility index (Phi) is 4.08. The maximum Gasteiger partial charge on any atom is 0.237 e. The molecule has 3 aliphatic heterocycles. The van der Waals surface area contributed by atoms with E-state index >= 15 is 0 Å². The van der Waals surface area contributed by atoms with Gasteiger partial charge < -0.3 is 10.6 Å². The summed E-state index contributed by atoms with van der Waals surface area (Å²) in [6, 6.07) is 1.03. The van der Waals surface area contributed by atoms with E-state index in [2.05, 4.69) is 22.5 Å². The van der Waals surface area contributed by atoms with Crippen molar-refractivity contribution in [1.82, 2.24) is 15.5 Å².